The maximum atomic E-state index is 11.8. The molecule has 0 aliphatic carbocycles. The summed E-state index contributed by atoms with van der Waals surface area (Å²) in [6, 6.07) is 5.28. The summed E-state index contributed by atoms with van der Waals surface area (Å²) >= 11 is 7.48. The van der Waals surface area contributed by atoms with Gasteiger partial charge in [0.15, 0.2) is 0 Å². The highest BCUT2D eigenvalue weighted by molar-refractivity contribution is 8.00. The van der Waals surface area contributed by atoms with Gasteiger partial charge < -0.3 is 11.1 Å². The summed E-state index contributed by atoms with van der Waals surface area (Å²) in [5.74, 6) is 0.467. The lowest BCUT2D eigenvalue weighted by Gasteiger charge is -2.14. The van der Waals surface area contributed by atoms with Crippen LogP contribution in [0.5, 0.6) is 0 Å². The first-order valence-corrected chi connectivity index (χ1v) is 7.15. The maximum Gasteiger partial charge on any atom is 0.233 e. The van der Waals surface area contributed by atoms with E-state index in [1.807, 2.05) is 6.92 Å². The Hall–Kier alpha value is -0.870. The van der Waals surface area contributed by atoms with E-state index in [1.165, 1.54) is 11.8 Å². The Balaban J connectivity index is 2.60. The van der Waals surface area contributed by atoms with Crippen molar-refractivity contribution in [1.82, 2.24) is 5.32 Å². The molecule has 3 nitrogen and oxygen atoms in total. The molecule has 0 bridgehead atoms. The van der Waals surface area contributed by atoms with Crippen molar-refractivity contribution in [2.24, 2.45) is 5.92 Å². The molecule has 0 saturated heterocycles. The molecule has 0 aromatic heterocycles. The summed E-state index contributed by atoms with van der Waals surface area (Å²) in [5.41, 5.74) is 6.35. The lowest BCUT2D eigenvalue weighted by atomic mass is 10.2. The van der Waals surface area contributed by atoms with Crippen LogP contribution in [0, 0.1) is 5.92 Å². The van der Waals surface area contributed by atoms with Gasteiger partial charge in [-0.3, -0.25) is 4.79 Å². The van der Waals surface area contributed by atoms with E-state index in [2.05, 4.69) is 19.2 Å². The second-order valence-corrected chi connectivity index (χ2v) is 6.38. The van der Waals surface area contributed by atoms with Gasteiger partial charge in [0.25, 0.3) is 0 Å². The number of rotatable bonds is 5. The molecule has 1 atom stereocenters. The van der Waals surface area contributed by atoms with Crippen molar-refractivity contribution in [3.63, 3.8) is 0 Å². The molecule has 0 heterocycles. The minimum Gasteiger partial charge on any atom is -0.399 e. The van der Waals surface area contributed by atoms with Crippen LogP contribution < -0.4 is 11.1 Å². The van der Waals surface area contributed by atoms with Gasteiger partial charge in [-0.15, -0.1) is 11.8 Å². The Labute approximate surface area is 117 Å². The van der Waals surface area contributed by atoms with Crippen LogP contribution in [0.2, 0.25) is 5.02 Å². The summed E-state index contributed by atoms with van der Waals surface area (Å²) < 4.78 is 0. The van der Waals surface area contributed by atoms with Gasteiger partial charge in [-0.05, 0) is 31.0 Å². The van der Waals surface area contributed by atoms with Crippen LogP contribution in [0.15, 0.2) is 23.1 Å². The number of nitrogens with two attached hydrogens (primary N) is 1. The van der Waals surface area contributed by atoms with E-state index < -0.39 is 0 Å². The first-order valence-electron chi connectivity index (χ1n) is 5.89. The van der Waals surface area contributed by atoms with Crippen molar-refractivity contribution in [3.05, 3.63) is 23.2 Å². The predicted octanol–water partition coefficient (Wildman–Crippen LogP) is 3.18. The van der Waals surface area contributed by atoms with E-state index in [1.54, 1.807) is 18.2 Å². The van der Waals surface area contributed by atoms with Gasteiger partial charge in [0.05, 0.1) is 10.3 Å². The van der Waals surface area contributed by atoms with E-state index in [-0.39, 0.29) is 11.2 Å². The second-order valence-electron chi connectivity index (χ2n) is 4.59. The van der Waals surface area contributed by atoms with E-state index in [0.29, 0.717) is 23.2 Å². The molecule has 1 amide bonds. The average molecular weight is 287 g/mol. The molecule has 0 radical (unpaired) electrons. The van der Waals surface area contributed by atoms with Crippen LogP contribution in [0.4, 0.5) is 5.69 Å². The van der Waals surface area contributed by atoms with Crippen LogP contribution in [-0.4, -0.2) is 17.7 Å². The number of hydrogen-bond donors (Lipinski definition) is 2. The summed E-state index contributed by atoms with van der Waals surface area (Å²) in [4.78, 5) is 12.7. The molecule has 0 aliphatic heterocycles. The standard InChI is InChI=1S/C13H19ClN2OS/c1-8(2)7-16-13(17)9(3)18-12-6-10(15)4-5-11(12)14/h4-6,8-9H,7,15H2,1-3H3,(H,16,17). The van der Waals surface area contributed by atoms with Gasteiger partial charge in [-0.1, -0.05) is 25.4 Å². The summed E-state index contributed by atoms with van der Waals surface area (Å²) in [6.45, 7) is 6.67. The quantitative estimate of drug-likeness (QED) is 0.646. The Morgan fingerprint density at radius 2 is 2.11 bits per heavy atom. The van der Waals surface area contributed by atoms with Crippen LogP contribution in [-0.2, 0) is 4.79 Å². The molecule has 100 valence electrons. The third-order valence-electron chi connectivity index (χ3n) is 2.31. The molecule has 3 N–H and O–H groups in total. The highest BCUT2D eigenvalue weighted by Gasteiger charge is 2.15. The Kier molecular flexibility index (Phi) is 5.82. The Morgan fingerprint density at radius 1 is 1.44 bits per heavy atom. The number of carbonyl (C=O) groups is 1. The number of nitrogen functional groups attached to an aromatic ring is 1. The van der Waals surface area contributed by atoms with Crippen molar-refractivity contribution >= 4 is 35.0 Å². The van der Waals surface area contributed by atoms with Gasteiger partial charge in [0.2, 0.25) is 5.91 Å². The average Bonchev–Trinajstić information content (AvgIpc) is 2.30. The van der Waals surface area contributed by atoms with E-state index in [0.717, 1.165) is 4.90 Å². The molecule has 1 rings (SSSR count). The lowest BCUT2D eigenvalue weighted by molar-refractivity contribution is -0.120. The molecule has 1 aromatic carbocycles. The molecule has 0 fully saturated rings. The Bertz CT molecular complexity index is 423. The molecular weight excluding hydrogens is 268 g/mol. The smallest absolute Gasteiger partial charge is 0.233 e. The number of anilines is 1. The minimum atomic E-state index is -0.192. The van der Waals surface area contributed by atoms with Crippen molar-refractivity contribution < 1.29 is 4.79 Å². The first kappa shape index (κ1) is 15.2. The maximum absolute atomic E-state index is 11.8. The topological polar surface area (TPSA) is 55.1 Å². The van der Waals surface area contributed by atoms with E-state index >= 15 is 0 Å². The lowest BCUT2D eigenvalue weighted by Crippen LogP contribution is -2.33. The molecule has 18 heavy (non-hydrogen) atoms. The summed E-state index contributed by atoms with van der Waals surface area (Å²) in [7, 11) is 0. The Morgan fingerprint density at radius 3 is 2.72 bits per heavy atom. The van der Waals surface area contributed by atoms with Crippen LogP contribution in [0.1, 0.15) is 20.8 Å². The number of benzene rings is 1. The number of nitrogens with one attached hydrogen (secondary N) is 1. The largest absolute Gasteiger partial charge is 0.399 e. The van der Waals surface area contributed by atoms with Crippen LogP contribution in [0.3, 0.4) is 0 Å². The monoisotopic (exact) mass is 286 g/mol. The third-order valence-corrected chi connectivity index (χ3v) is 3.91. The molecule has 0 spiro atoms. The zero-order chi connectivity index (χ0) is 13.7. The highest BCUT2D eigenvalue weighted by Crippen LogP contribution is 2.31. The van der Waals surface area contributed by atoms with Crippen LogP contribution >= 0.6 is 23.4 Å². The molecular formula is C13H19ClN2OS. The van der Waals surface area contributed by atoms with Crippen LogP contribution in [0.25, 0.3) is 0 Å². The van der Waals surface area contributed by atoms with Gasteiger partial charge in [0, 0.05) is 17.1 Å². The number of hydrogen-bond acceptors (Lipinski definition) is 3. The van der Waals surface area contributed by atoms with Crippen molar-refractivity contribution in [2.75, 3.05) is 12.3 Å². The fourth-order valence-electron chi connectivity index (χ4n) is 1.30. The number of carbonyl (C=O) groups excluding carboxylic acids is 1. The number of halogens is 1. The van der Waals surface area contributed by atoms with Crippen molar-refractivity contribution in [1.29, 1.82) is 0 Å². The highest BCUT2D eigenvalue weighted by atomic mass is 35.5. The van der Waals surface area contributed by atoms with Gasteiger partial charge in [0.1, 0.15) is 0 Å². The SMILES string of the molecule is CC(C)CNC(=O)C(C)Sc1cc(N)ccc1Cl. The van der Waals surface area contributed by atoms with Gasteiger partial charge in [-0.2, -0.15) is 0 Å². The fourth-order valence-corrected chi connectivity index (χ4v) is 2.51. The molecule has 1 unspecified atom stereocenters. The first-order chi connectivity index (χ1) is 8.40. The second kappa shape index (κ2) is 6.90. The fraction of sp³-hybridized carbons (Fsp3) is 0.462. The zero-order valence-corrected chi connectivity index (χ0v) is 12.4. The van der Waals surface area contributed by atoms with Crippen molar-refractivity contribution in [3.8, 4) is 0 Å². The van der Waals surface area contributed by atoms with E-state index in [4.69, 9.17) is 17.3 Å². The third kappa shape index (κ3) is 4.78. The molecule has 0 aliphatic rings. The predicted molar refractivity (Wildman–Crippen MR) is 79.0 cm³/mol. The van der Waals surface area contributed by atoms with E-state index in [9.17, 15) is 4.79 Å². The molecule has 0 saturated carbocycles. The van der Waals surface area contributed by atoms with Gasteiger partial charge in [-0.25, -0.2) is 0 Å². The minimum absolute atomic E-state index is 0.0205. The summed E-state index contributed by atoms with van der Waals surface area (Å²) in [5, 5.41) is 3.33. The summed E-state index contributed by atoms with van der Waals surface area (Å²) in [6.07, 6.45) is 0. The van der Waals surface area contributed by atoms with Crippen molar-refractivity contribution in [2.45, 2.75) is 30.9 Å². The molecule has 5 heteroatoms. The molecule has 1 aromatic rings. The normalized spacial score (nSPS) is 12.5. The number of amides is 1. The number of thioether (sulfide) groups is 1. The zero-order valence-electron chi connectivity index (χ0n) is 10.9. The van der Waals surface area contributed by atoms with Gasteiger partial charge >= 0.3 is 0 Å².